The molecule has 2 rings (SSSR count). The maximum absolute atomic E-state index is 11.8. The van der Waals surface area contributed by atoms with E-state index in [0.717, 1.165) is 24.2 Å². The van der Waals surface area contributed by atoms with Gasteiger partial charge in [0, 0.05) is 6.07 Å². The van der Waals surface area contributed by atoms with Gasteiger partial charge in [-0.25, -0.2) is 4.79 Å². The monoisotopic (exact) mass is 438 g/mol. The summed E-state index contributed by atoms with van der Waals surface area (Å²) in [7, 11) is 0. The third-order valence-corrected chi connectivity index (χ3v) is 5.26. The number of unbranched alkanes of at least 4 members (excludes halogenated alkanes) is 7. The standard InChI is InChI=1S/C28H38O4/c1-4-7-8-9-10-11-12-13-21-31-27-22-26(20-15-23(27)14-5-2)32-25-18-16-24(17-19-25)28(29)30-6-3/h5,15-20,22H,2,4,6-14,21H2,1,3H3. The van der Waals surface area contributed by atoms with Crippen molar-refractivity contribution in [1.82, 2.24) is 0 Å². The molecule has 2 aromatic rings. The van der Waals surface area contributed by atoms with Gasteiger partial charge in [-0.2, -0.15) is 0 Å². The van der Waals surface area contributed by atoms with Crippen molar-refractivity contribution in [3.05, 3.63) is 66.2 Å². The summed E-state index contributed by atoms with van der Waals surface area (Å²) in [5, 5.41) is 0. The molecule has 2 aromatic carbocycles. The van der Waals surface area contributed by atoms with E-state index >= 15 is 0 Å². The Morgan fingerprint density at radius 3 is 2.19 bits per heavy atom. The summed E-state index contributed by atoms with van der Waals surface area (Å²) < 4.78 is 17.1. The molecule has 0 bridgehead atoms. The number of hydrogen-bond donors (Lipinski definition) is 0. The second-order valence-corrected chi connectivity index (χ2v) is 7.93. The number of carbonyl (C=O) groups excluding carboxylic acids is 1. The number of carbonyl (C=O) groups is 1. The van der Waals surface area contributed by atoms with Gasteiger partial charge in [0.1, 0.15) is 17.2 Å². The fraction of sp³-hybridized carbons (Fsp3) is 0.464. The number of rotatable bonds is 16. The third-order valence-electron chi connectivity index (χ3n) is 5.26. The first kappa shape index (κ1) is 25.5. The van der Waals surface area contributed by atoms with Gasteiger partial charge >= 0.3 is 5.97 Å². The van der Waals surface area contributed by atoms with Crippen LogP contribution in [0.4, 0.5) is 0 Å². The Balaban J connectivity index is 1.88. The minimum atomic E-state index is -0.329. The lowest BCUT2D eigenvalue weighted by Crippen LogP contribution is -2.04. The first-order chi connectivity index (χ1) is 15.7. The van der Waals surface area contributed by atoms with Gasteiger partial charge in [0.2, 0.25) is 0 Å². The summed E-state index contributed by atoms with van der Waals surface area (Å²) in [6.07, 6.45) is 12.8. The summed E-state index contributed by atoms with van der Waals surface area (Å²) in [5.74, 6) is 1.87. The maximum Gasteiger partial charge on any atom is 0.338 e. The van der Waals surface area contributed by atoms with E-state index in [1.807, 2.05) is 24.3 Å². The Morgan fingerprint density at radius 1 is 0.875 bits per heavy atom. The Labute approximate surface area is 193 Å². The molecule has 0 amide bonds. The van der Waals surface area contributed by atoms with E-state index in [1.54, 1.807) is 31.2 Å². The second-order valence-electron chi connectivity index (χ2n) is 7.93. The molecule has 0 atom stereocenters. The Hall–Kier alpha value is -2.75. The predicted octanol–water partition coefficient (Wildman–Crippen LogP) is 7.90. The van der Waals surface area contributed by atoms with Crippen LogP contribution in [0.25, 0.3) is 0 Å². The Kier molecular flexibility index (Phi) is 12.1. The number of hydrogen-bond acceptors (Lipinski definition) is 4. The molecule has 4 heteroatoms. The smallest absolute Gasteiger partial charge is 0.338 e. The van der Waals surface area contributed by atoms with Crippen LogP contribution in [0.15, 0.2) is 55.1 Å². The molecule has 174 valence electrons. The highest BCUT2D eigenvalue weighted by atomic mass is 16.5. The van der Waals surface area contributed by atoms with Crippen LogP contribution in [0.2, 0.25) is 0 Å². The summed E-state index contributed by atoms with van der Waals surface area (Å²) in [4.78, 5) is 11.8. The van der Waals surface area contributed by atoms with Crippen LogP contribution in [-0.4, -0.2) is 19.2 Å². The van der Waals surface area contributed by atoms with E-state index in [-0.39, 0.29) is 5.97 Å². The maximum atomic E-state index is 11.8. The lowest BCUT2D eigenvalue weighted by atomic mass is 10.1. The molecule has 0 saturated heterocycles. The Bertz CT molecular complexity index is 811. The molecule has 0 unspecified atom stereocenters. The topological polar surface area (TPSA) is 44.8 Å². The van der Waals surface area contributed by atoms with E-state index in [0.29, 0.717) is 30.3 Å². The predicted molar refractivity (Wildman–Crippen MR) is 131 cm³/mol. The van der Waals surface area contributed by atoms with Crippen molar-refractivity contribution in [2.45, 2.75) is 71.6 Å². The number of ether oxygens (including phenoxy) is 3. The van der Waals surface area contributed by atoms with Crippen molar-refractivity contribution in [2.75, 3.05) is 13.2 Å². The largest absolute Gasteiger partial charge is 0.493 e. The highest BCUT2D eigenvalue weighted by Gasteiger charge is 2.09. The van der Waals surface area contributed by atoms with Gasteiger partial charge in [-0.3, -0.25) is 0 Å². The minimum absolute atomic E-state index is 0.329. The zero-order chi connectivity index (χ0) is 23.0. The van der Waals surface area contributed by atoms with Crippen molar-refractivity contribution in [3.8, 4) is 17.2 Å². The zero-order valence-electron chi connectivity index (χ0n) is 19.7. The van der Waals surface area contributed by atoms with Gasteiger partial charge in [-0.15, -0.1) is 6.58 Å². The fourth-order valence-corrected chi connectivity index (χ4v) is 3.48. The summed E-state index contributed by atoms with van der Waals surface area (Å²) in [6.45, 7) is 8.95. The van der Waals surface area contributed by atoms with E-state index in [1.165, 1.54) is 44.9 Å². The molecule has 0 radical (unpaired) electrons. The number of allylic oxidation sites excluding steroid dienone is 1. The Morgan fingerprint density at radius 2 is 1.53 bits per heavy atom. The molecule has 0 aliphatic carbocycles. The highest BCUT2D eigenvalue weighted by molar-refractivity contribution is 5.89. The summed E-state index contributed by atoms with van der Waals surface area (Å²) >= 11 is 0. The normalized spacial score (nSPS) is 10.6. The SMILES string of the molecule is C=CCc1ccc(Oc2ccc(C(=O)OCC)cc2)cc1OCCCCCCCCCC. The van der Waals surface area contributed by atoms with Crippen LogP contribution < -0.4 is 9.47 Å². The van der Waals surface area contributed by atoms with E-state index < -0.39 is 0 Å². The molecular weight excluding hydrogens is 400 g/mol. The second kappa shape index (κ2) is 15.1. The molecule has 0 aliphatic rings. The average molecular weight is 439 g/mol. The zero-order valence-corrected chi connectivity index (χ0v) is 19.7. The van der Waals surface area contributed by atoms with Crippen LogP contribution >= 0.6 is 0 Å². The van der Waals surface area contributed by atoms with Crippen molar-refractivity contribution < 1.29 is 19.0 Å². The molecule has 0 saturated carbocycles. The average Bonchev–Trinajstić information content (AvgIpc) is 2.80. The van der Waals surface area contributed by atoms with Crippen LogP contribution in [0.1, 0.15) is 81.1 Å². The molecular formula is C28H38O4. The lowest BCUT2D eigenvalue weighted by molar-refractivity contribution is 0.0526. The summed E-state index contributed by atoms with van der Waals surface area (Å²) in [6, 6.07) is 12.8. The molecule has 0 aromatic heterocycles. The first-order valence-corrected chi connectivity index (χ1v) is 12.0. The number of esters is 1. The molecule has 32 heavy (non-hydrogen) atoms. The molecule has 4 nitrogen and oxygen atoms in total. The fourth-order valence-electron chi connectivity index (χ4n) is 3.48. The van der Waals surface area contributed by atoms with Gasteiger partial charge in [0.15, 0.2) is 0 Å². The minimum Gasteiger partial charge on any atom is -0.493 e. The molecule has 0 fully saturated rings. The molecule has 0 aliphatic heterocycles. The van der Waals surface area contributed by atoms with Crippen LogP contribution in [0, 0.1) is 0 Å². The first-order valence-electron chi connectivity index (χ1n) is 12.0. The molecule has 0 N–H and O–H groups in total. The lowest BCUT2D eigenvalue weighted by Gasteiger charge is -2.13. The third kappa shape index (κ3) is 9.17. The van der Waals surface area contributed by atoms with E-state index in [4.69, 9.17) is 14.2 Å². The van der Waals surface area contributed by atoms with Crippen molar-refractivity contribution in [3.63, 3.8) is 0 Å². The van der Waals surface area contributed by atoms with Gasteiger partial charge in [0.25, 0.3) is 0 Å². The van der Waals surface area contributed by atoms with Gasteiger partial charge in [-0.05, 0) is 55.7 Å². The van der Waals surface area contributed by atoms with Gasteiger partial charge in [-0.1, -0.05) is 64.0 Å². The quantitative estimate of drug-likeness (QED) is 0.152. The van der Waals surface area contributed by atoms with Crippen molar-refractivity contribution >= 4 is 5.97 Å². The van der Waals surface area contributed by atoms with Gasteiger partial charge in [0.05, 0.1) is 18.8 Å². The van der Waals surface area contributed by atoms with Gasteiger partial charge < -0.3 is 14.2 Å². The summed E-state index contributed by atoms with van der Waals surface area (Å²) in [5.41, 5.74) is 1.61. The van der Waals surface area contributed by atoms with Crippen molar-refractivity contribution in [1.29, 1.82) is 0 Å². The molecule has 0 spiro atoms. The van der Waals surface area contributed by atoms with E-state index in [9.17, 15) is 4.79 Å². The van der Waals surface area contributed by atoms with Crippen LogP contribution in [-0.2, 0) is 11.2 Å². The van der Waals surface area contributed by atoms with E-state index in [2.05, 4.69) is 13.5 Å². The van der Waals surface area contributed by atoms with Crippen LogP contribution in [0.5, 0.6) is 17.2 Å². The van der Waals surface area contributed by atoms with Crippen molar-refractivity contribution in [2.24, 2.45) is 0 Å². The molecule has 0 heterocycles. The number of benzene rings is 2. The van der Waals surface area contributed by atoms with Crippen LogP contribution in [0.3, 0.4) is 0 Å². The highest BCUT2D eigenvalue weighted by Crippen LogP contribution is 2.29.